The second kappa shape index (κ2) is 5.72. The molecule has 114 valence electrons. The molecule has 2 rings (SSSR count). The summed E-state index contributed by atoms with van der Waals surface area (Å²) in [5.41, 5.74) is 0.199. The van der Waals surface area contributed by atoms with E-state index in [1.54, 1.807) is 37.4 Å². The normalized spacial score (nSPS) is 11.6. The molecule has 1 aromatic carbocycles. The summed E-state index contributed by atoms with van der Waals surface area (Å²) in [6, 6.07) is 8.70. The van der Waals surface area contributed by atoms with Crippen molar-refractivity contribution in [1.29, 1.82) is 0 Å². The van der Waals surface area contributed by atoms with Gasteiger partial charge in [-0.3, -0.25) is 14.0 Å². The first-order chi connectivity index (χ1) is 9.85. The van der Waals surface area contributed by atoms with Gasteiger partial charge in [0.05, 0.1) is 18.0 Å². The Morgan fingerprint density at radius 2 is 1.86 bits per heavy atom. The van der Waals surface area contributed by atoms with Crippen molar-refractivity contribution >= 4 is 15.8 Å². The Hall–Kier alpha value is -2.10. The van der Waals surface area contributed by atoms with Crippen molar-refractivity contribution in [3.05, 3.63) is 46.4 Å². The van der Waals surface area contributed by atoms with Gasteiger partial charge in [-0.2, -0.15) is 8.42 Å². The van der Waals surface area contributed by atoms with Crippen LogP contribution in [-0.4, -0.2) is 33.3 Å². The molecule has 1 aromatic heterocycles. The second-order valence-electron chi connectivity index (χ2n) is 4.36. The van der Waals surface area contributed by atoms with Crippen LogP contribution in [0.4, 0.5) is 5.69 Å². The largest absolute Gasteiger partial charge is 0.390 e. The Labute approximate surface area is 121 Å². The second-order valence-corrected chi connectivity index (χ2v) is 5.81. The highest BCUT2D eigenvalue weighted by Gasteiger charge is 2.19. The van der Waals surface area contributed by atoms with Crippen molar-refractivity contribution in [3.63, 3.8) is 0 Å². The first kappa shape index (κ1) is 15.3. The maximum atomic E-state index is 12.4. The van der Waals surface area contributed by atoms with Gasteiger partial charge in [0.15, 0.2) is 0 Å². The quantitative estimate of drug-likeness (QED) is 0.666. The average molecular weight is 313 g/mol. The average Bonchev–Trinajstić information content (AvgIpc) is 2.67. The van der Waals surface area contributed by atoms with Crippen LogP contribution in [0.5, 0.6) is 0 Å². The fourth-order valence-corrected chi connectivity index (χ4v) is 2.36. The third-order valence-corrected chi connectivity index (χ3v) is 3.48. The third-order valence-electron chi connectivity index (χ3n) is 2.97. The maximum absolute atomic E-state index is 12.4. The maximum Gasteiger partial charge on any atom is 0.295 e. The molecule has 21 heavy (non-hydrogen) atoms. The van der Waals surface area contributed by atoms with Gasteiger partial charge in [0.2, 0.25) is 0 Å². The van der Waals surface area contributed by atoms with E-state index < -0.39 is 28.2 Å². The van der Waals surface area contributed by atoms with Gasteiger partial charge in [0.25, 0.3) is 15.7 Å². The van der Waals surface area contributed by atoms with Crippen molar-refractivity contribution in [3.8, 4) is 5.69 Å². The highest BCUT2D eigenvalue weighted by molar-refractivity contribution is 7.85. The van der Waals surface area contributed by atoms with E-state index in [2.05, 4.69) is 5.32 Å². The van der Waals surface area contributed by atoms with Crippen molar-refractivity contribution < 1.29 is 18.1 Å². The van der Waals surface area contributed by atoms with E-state index in [-0.39, 0.29) is 11.4 Å². The number of nitrogens with zero attached hydrogens (tertiary/aromatic N) is 2. The summed E-state index contributed by atoms with van der Waals surface area (Å²) in [7, 11) is -2.71. The molecule has 0 atom stereocenters. The van der Waals surface area contributed by atoms with E-state index >= 15 is 0 Å². The van der Waals surface area contributed by atoms with Crippen molar-refractivity contribution in [2.75, 3.05) is 11.2 Å². The minimum atomic E-state index is -4.28. The number of hydrogen-bond donors (Lipinski definition) is 3. The number of aliphatic hydroxyl groups is 1. The Morgan fingerprint density at radius 3 is 2.38 bits per heavy atom. The van der Waals surface area contributed by atoms with E-state index in [0.29, 0.717) is 5.69 Å². The molecular formula is C12H15N3O5S. The number of benzene rings is 1. The number of aromatic nitrogens is 2. The smallest absolute Gasteiger partial charge is 0.295 e. The predicted molar refractivity (Wildman–Crippen MR) is 77.0 cm³/mol. The van der Waals surface area contributed by atoms with Gasteiger partial charge in [-0.05, 0) is 12.1 Å². The number of aliphatic hydroxyl groups excluding tert-OH is 1. The van der Waals surface area contributed by atoms with Crippen LogP contribution in [0.25, 0.3) is 5.69 Å². The molecule has 0 fully saturated rings. The zero-order valence-electron chi connectivity index (χ0n) is 11.2. The molecular weight excluding hydrogens is 298 g/mol. The summed E-state index contributed by atoms with van der Waals surface area (Å²) in [5.74, 6) is -0.811. The minimum absolute atomic E-state index is 0.0681. The molecule has 0 radical (unpaired) electrons. The standard InChI is InChI=1S/C12H15N3O5S/c1-14-10(7-16)11(13-8-21(18,19)20)12(17)15(14)9-5-3-2-4-6-9/h2-6,13,16H,7-8H2,1H3,(H,18,19,20). The van der Waals surface area contributed by atoms with Crippen LogP contribution in [0.1, 0.15) is 5.69 Å². The van der Waals surface area contributed by atoms with Gasteiger partial charge < -0.3 is 10.4 Å². The molecule has 0 aliphatic heterocycles. The zero-order valence-corrected chi connectivity index (χ0v) is 12.0. The fourth-order valence-electron chi connectivity index (χ4n) is 2.03. The lowest BCUT2D eigenvalue weighted by Gasteiger charge is -2.08. The van der Waals surface area contributed by atoms with Crippen LogP contribution < -0.4 is 10.9 Å². The monoisotopic (exact) mass is 313 g/mol. The number of hydrogen-bond acceptors (Lipinski definition) is 5. The van der Waals surface area contributed by atoms with Gasteiger partial charge in [0, 0.05) is 7.05 Å². The van der Waals surface area contributed by atoms with Crippen LogP contribution in [0.15, 0.2) is 35.1 Å². The molecule has 1 heterocycles. The van der Waals surface area contributed by atoms with Crippen LogP contribution in [0.2, 0.25) is 0 Å². The summed E-state index contributed by atoms with van der Waals surface area (Å²) in [6.45, 7) is -0.459. The lowest BCUT2D eigenvalue weighted by atomic mass is 10.3. The number of nitrogens with one attached hydrogen (secondary N) is 1. The molecule has 0 saturated carbocycles. The van der Waals surface area contributed by atoms with Gasteiger partial charge in [-0.1, -0.05) is 18.2 Å². The van der Waals surface area contributed by atoms with Crippen LogP contribution in [0, 0.1) is 0 Å². The molecule has 8 nitrogen and oxygen atoms in total. The highest BCUT2D eigenvalue weighted by Crippen LogP contribution is 2.15. The lowest BCUT2D eigenvalue weighted by molar-refractivity contribution is 0.269. The number of anilines is 1. The molecule has 0 unspecified atom stereocenters. The highest BCUT2D eigenvalue weighted by atomic mass is 32.2. The first-order valence-electron chi connectivity index (χ1n) is 6.01. The molecule has 0 bridgehead atoms. The molecule has 0 aliphatic rings. The topological polar surface area (TPSA) is 114 Å². The van der Waals surface area contributed by atoms with E-state index in [4.69, 9.17) is 4.55 Å². The van der Waals surface area contributed by atoms with Gasteiger partial charge in [0.1, 0.15) is 11.6 Å². The Bertz CT molecular complexity index is 792. The molecule has 2 aromatic rings. The molecule has 0 saturated heterocycles. The van der Waals surface area contributed by atoms with E-state index in [1.807, 2.05) is 0 Å². The minimum Gasteiger partial charge on any atom is -0.390 e. The summed E-state index contributed by atoms with van der Waals surface area (Å²) >= 11 is 0. The summed E-state index contributed by atoms with van der Waals surface area (Å²) in [5, 5.41) is 11.7. The Balaban J connectivity index is 2.55. The predicted octanol–water partition coefficient (Wildman–Crippen LogP) is -0.0745. The molecule has 3 N–H and O–H groups in total. The SMILES string of the molecule is Cn1c(CO)c(NCS(=O)(=O)O)c(=O)n1-c1ccccc1. The Morgan fingerprint density at radius 1 is 1.24 bits per heavy atom. The molecule has 0 spiro atoms. The lowest BCUT2D eigenvalue weighted by Crippen LogP contribution is -2.22. The van der Waals surface area contributed by atoms with Crippen molar-refractivity contribution in [2.24, 2.45) is 7.05 Å². The molecule has 0 aliphatic carbocycles. The summed E-state index contributed by atoms with van der Waals surface area (Å²) < 4.78 is 33.1. The van der Waals surface area contributed by atoms with Gasteiger partial charge in [-0.25, -0.2) is 4.68 Å². The molecule has 9 heteroatoms. The van der Waals surface area contributed by atoms with Crippen molar-refractivity contribution in [1.82, 2.24) is 9.36 Å². The van der Waals surface area contributed by atoms with E-state index in [9.17, 15) is 18.3 Å². The number of para-hydroxylation sites is 1. The summed E-state index contributed by atoms with van der Waals surface area (Å²) in [6.07, 6.45) is 0. The third kappa shape index (κ3) is 3.15. The van der Waals surface area contributed by atoms with Crippen LogP contribution in [0.3, 0.4) is 0 Å². The van der Waals surface area contributed by atoms with E-state index in [1.165, 1.54) is 9.36 Å². The number of rotatable bonds is 5. The first-order valence-corrected chi connectivity index (χ1v) is 7.62. The Kier molecular flexibility index (Phi) is 4.16. The van der Waals surface area contributed by atoms with Gasteiger partial charge in [-0.15, -0.1) is 0 Å². The summed E-state index contributed by atoms with van der Waals surface area (Å²) in [4.78, 5) is 12.4. The fraction of sp³-hybridized carbons (Fsp3) is 0.250. The van der Waals surface area contributed by atoms with Crippen LogP contribution >= 0.6 is 0 Å². The van der Waals surface area contributed by atoms with Crippen molar-refractivity contribution in [2.45, 2.75) is 6.61 Å². The van der Waals surface area contributed by atoms with Crippen LogP contribution in [-0.2, 0) is 23.8 Å². The molecule has 0 amide bonds. The van der Waals surface area contributed by atoms with Gasteiger partial charge >= 0.3 is 0 Å². The zero-order chi connectivity index (χ0) is 15.6. The van der Waals surface area contributed by atoms with E-state index in [0.717, 1.165) is 0 Å².